The van der Waals surface area contributed by atoms with Gasteiger partial charge in [0.15, 0.2) is 0 Å². The summed E-state index contributed by atoms with van der Waals surface area (Å²) in [6.07, 6.45) is 6.27. The Bertz CT molecular complexity index is 969. The zero-order valence-corrected chi connectivity index (χ0v) is 22.3. The minimum Gasteiger partial charge on any atom is -0.371 e. The van der Waals surface area contributed by atoms with Gasteiger partial charge >= 0.3 is 0 Å². The molecule has 0 spiro atoms. The maximum Gasteiger partial charge on any atom is 0.255 e. The lowest BCUT2D eigenvalue weighted by Gasteiger charge is -2.30. The van der Waals surface area contributed by atoms with Gasteiger partial charge in [0.1, 0.15) is 6.04 Å². The van der Waals surface area contributed by atoms with E-state index in [9.17, 15) is 19.2 Å². The minimum absolute atomic E-state index is 0.0208. The number of fused-ring (bicyclic) bond motifs is 1. The number of anilines is 1. The second-order valence-corrected chi connectivity index (χ2v) is 11.2. The highest BCUT2D eigenvalue weighted by atomic mass is 16.2. The van der Waals surface area contributed by atoms with Gasteiger partial charge in [-0.25, -0.2) is 0 Å². The number of hydrogen-bond donors (Lipinski definition) is 2. The van der Waals surface area contributed by atoms with E-state index in [-0.39, 0.29) is 35.5 Å². The van der Waals surface area contributed by atoms with Crippen LogP contribution in [0.2, 0.25) is 0 Å². The van der Waals surface area contributed by atoms with Crippen LogP contribution in [0.1, 0.15) is 95.0 Å². The van der Waals surface area contributed by atoms with Crippen LogP contribution in [0.5, 0.6) is 0 Å². The zero-order valence-electron chi connectivity index (χ0n) is 22.3. The van der Waals surface area contributed by atoms with E-state index in [1.54, 1.807) is 4.90 Å². The number of benzene rings is 1. The molecule has 1 unspecified atom stereocenters. The Morgan fingerprint density at radius 1 is 1.11 bits per heavy atom. The van der Waals surface area contributed by atoms with Gasteiger partial charge in [-0.2, -0.15) is 0 Å². The molecule has 3 rings (SSSR count). The van der Waals surface area contributed by atoms with Crippen LogP contribution in [-0.4, -0.2) is 54.2 Å². The SMILES string of the molecule is CCCCCN(CCCCNC(=O)CC(C)(C)C)c1cccc2c1CN(C1CCC(=O)NC1=O)C2=O. The highest BCUT2D eigenvalue weighted by Crippen LogP contribution is 2.34. The number of piperidine rings is 1. The van der Waals surface area contributed by atoms with Crippen LogP contribution in [-0.2, 0) is 20.9 Å². The predicted molar refractivity (Wildman–Crippen MR) is 141 cm³/mol. The molecule has 1 atom stereocenters. The lowest BCUT2D eigenvalue weighted by atomic mass is 9.92. The molecule has 8 heteroatoms. The van der Waals surface area contributed by atoms with Gasteiger partial charge in [0.2, 0.25) is 17.7 Å². The summed E-state index contributed by atoms with van der Waals surface area (Å²) in [6.45, 7) is 11.1. The predicted octanol–water partition coefficient (Wildman–Crippen LogP) is 3.78. The fourth-order valence-corrected chi connectivity index (χ4v) is 4.97. The topological polar surface area (TPSA) is 98.8 Å². The third-order valence-corrected chi connectivity index (χ3v) is 6.80. The third-order valence-electron chi connectivity index (χ3n) is 6.80. The molecule has 198 valence electrons. The summed E-state index contributed by atoms with van der Waals surface area (Å²) in [5.74, 6) is -0.716. The summed E-state index contributed by atoms with van der Waals surface area (Å²) in [6, 6.07) is 5.21. The number of amides is 4. The Morgan fingerprint density at radius 3 is 2.50 bits per heavy atom. The van der Waals surface area contributed by atoms with Gasteiger partial charge in [-0.05, 0) is 43.2 Å². The Labute approximate surface area is 215 Å². The largest absolute Gasteiger partial charge is 0.371 e. The normalized spacial score (nSPS) is 17.7. The van der Waals surface area contributed by atoms with Gasteiger partial charge < -0.3 is 15.1 Å². The Kier molecular flexibility index (Phi) is 9.51. The standard InChI is InChI=1S/C28H42N4O4/c1-5-6-8-16-31(17-9-7-15-29-25(34)18-28(2,3)4)22-12-10-11-20-21(22)19-32(27(20)36)23-13-14-24(33)30-26(23)35/h10-12,23H,5-9,13-19H2,1-4H3,(H,29,34)(H,30,33,35). The fraction of sp³-hybridized carbons (Fsp3) is 0.643. The van der Waals surface area contributed by atoms with Crippen LogP contribution < -0.4 is 15.5 Å². The van der Waals surface area contributed by atoms with Gasteiger partial charge in [0.25, 0.3) is 5.91 Å². The van der Waals surface area contributed by atoms with Gasteiger partial charge in [-0.3, -0.25) is 24.5 Å². The van der Waals surface area contributed by atoms with Crippen molar-refractivity contribution in [2.24, 2.45) is 5.41 Å². The van der Waals surface area contributed by atoms with Crippen LogP contribution in [0.25, 0.3) is 0 Å². The van der Waals surface area contributed by atoms with E-state index in [2.05, 4.69) is 49.3 Å². The highest BCUT2D eigenvalue weighted by Gasteiger charge is 2.40. The molecule has 8 nitrogen and oxygen atoms in total. The van der Waals surface area contributed by atoms with Crippen molar-refractivity contribution >= 4 is 29.3 Å². The van der Waals surface area contributed by atoms with Crippen LogP contribution in [0.3, 0.4) is 0 Å². The summed E-state index contributed by atoms with van der Waals surface area (Å²) in [5, 5.41) is 5.40. The summed E-state index contributed by atoms with van der Waals surface area (Å²) in [7, 11) is 0. The quantitative estimate of drug-likeness (QED) is 0.338. The summed E-state index contributed by atoms with van der Waals surface area (Å²) < 4.78 is 0. The minimum atomic E-state index is -0.610. The molecule has 2 heterocycles. The van der Waals surface area contributed by atoms with Gasteiger partial charge in [0, 0.05) is 55.8 Å². The molecule has 4 amide bonds. The third kappa shape index (κ3) is 7.31. The summed E-state index contributed by atoms with van der Waals surface area (Å²) >= 11 is 0. The van der Waals surface area contributed by atoms with Crippen molar-refractivity contribution in [1.29, 1.82) is 0 Å². The molecule has 0 bridgehead atoms. The molecule has 0 saturated carbocycles. The number of rotatable bonds is 12. The average molecular weight is 499 g/mol. The van der Waals surface area contributed by atoms with Crippen LogP contribution in [0.4, 0.5) is 5.69 Å². The van der Waals surface area contributed by atoms with Gasteiger partial charge in [-0.1, -0.05) is 46.6 Å². The maximum atomic E-state index is 13.2. The van der Waals surface area contributed by atoms with Gasteiger partial charge in [-0.15, -0.1) is 0 Å². The van der Waals surface area contributed by atoms with Crippen LogP contribution in [0.15, 0.2) is 18.2 Å². The highest BCUT2D eigenvalue weighted by molar-refractivity contribution is 6.06. The second kappa shape index (κ2) is 12.4. The van der Waals surface area contributed by atoms with E-state index in [1.807, 2.05) is 12.1 Å². The monoisotopic (exact) mass is 498 g/mol. The Balaban J connectivity index is 1.66. The fourth-order valence-electron chi connectivity index (χ4n) is 4.97. The molecule has 2 aliphatic heterocycles. The van der Waals surface area contributed by atoms with E-state index in [1.165, 1.54) is 0 Å². The number of unbranched alkanes of at least 4 members (excludes halogenated alkanes) is 3. The molecule has 1 aromatic rings. The summed E-state index contributed by atoms with van der Waals surface area (Å²) in [5.41, 5.74) is 2.63. The zero-order chi connectivity index (χ0) is 26.3. The number of imide groups is 1. The lowest BCUT2D eigenvalue weighted by Crippen LogP contribution is -2.52. The van der Waals surface area contributed by atoms with Crippen molar-refractivity contribution < 1.29 is 19.2 Å². The lowest BCUT2D eigenvalue weighted by molar-refractivity contribution is -0.137. The first kappa shape index (κ1) is 27.7. The molecule has 2 N–H and O–H groups in total. The molecule has 1 aromatic carbocycles. The van der Waals surface area contributed by atoms with E-state index < -0.39 is 6.04 Å². The molecule has 36 heavy (non-hydrogen) atoms. The first-order valence-corrected chi connectivity index (χ1v) is 13.4. The maximum absolute atomic E-state index is 13.2. The van der Waals surface area contributed by atoms with Crippen molar-refractivity contribution in [1.82, 2.24) is 15.5 Å². The van der Waals surface area contributed by atoms with Crippen LogP contribution in [0, 0.1) is 5.41 Å². The molecule has 0 radical (unpaired) electrons. The van der Waals surface area contributed by atoms with Crippen molar-refractivity contribution in [2.75, 3.05) is 24.5 Å². The second-order valence-electron chi connectivity index (χ2n) is 11.2. The number of nitrogens with one attached hydrogen (secondary N) is 2. The van der Waals surface area contributed by atoms with Crippen molar-refractivity contribution in [3.05, 3.63) is 29.3 Å². The average Bonchev–Trinajstić information content (AvgIpc) is 3.13. The van der Waals surface area contributed by atoms with E-state index in [4.69, 9.17) is 0 Å². The molecule has 1 fully saturated rings. The van der Waals surface area contributed by atoms with E-state index >= 15 is 0 Å². The molecular formula is C28H42N4O4. The first-order chi connectivity index (χ1) is 17.1. The number of hydrogen-bond acceptors (Lipinski definition) is 5. The van der Waals surface area contributed by atoms with E-state index in [0.717, 1.165) is 56.4 Å². The molecule has 0 aliphatic carbocycles. The number of carbonyl (C=O) groups is 4. The Morgan fingerprint density at radius 2 is 1.83 bits per heavy atom. The first-order valence-electron chi connectivity index (χ1n) is 13.4. The Hall–Kier alpha value is -2.90. The van der Waals surface area contributed by atoms with Gasteiger partial charge in [0.05, 0.1) is 0 Å². The van der Waals surface area contributed by atoms with Crippen molar-refractivity contribution in [3.8, 4) is 0 Å². The number of nitrogens with zero attached hydrogens (tertiary/aromatic N) is 2. The molecule has 1 saturated heterocycles. The van der Waals surface area contributed by atoms with Crippen LogP contribution >= 0.6 is 0 Å². The molecule has 0 aromatic heterocycles. The molecular weight excluding hydrogens is 456 g/mol. The molecule has 2 aliphatic rings. The summed E-state index contributed by atoms with van der Waals surface area (Å²) in [4.78, 5) is 53.3. The van der Waals surface area contributed by atoms with Crippen molar-refractivity contribution in [3.63, 3.8) is 0 Å². The smallest absolute Gasteiger partial charge is 0.255 e. The van der Waals surface area contributed by atoms with Crippen molar-refractivity contribution in [2.45, 2.75) is 91.6 Å². The number of carbonyl (C=O) groups excluding carboxylic acids is 4. The van der Waals surface area contributed by atoms with E-state index in [0.29, 0.717) is 31.5 Å².